The smallest absolute Gasteiger partial charge is 0.321 e. The number of guanidine groups is 1. The number of anilines is 1. The number of rotatable bonds is 5. The monoisotopic (exact) mass is 436 g/mol. The SMILES string of the molecule is CCOC(=O)[C@H]1C(=O)NC(N2CCN(c3cccc(OC)c3)CC2)=N[C@@H]1c1ccccc1. The molecule has 1 saturated heterocycles. The number of hydrogen-bond donors (Lipinski definition) is 1. The Balaban J connectivity index is 1.53. The highest BCUT2D eigenvalue weighted by Gasteiger charge is 2.42. The Kier molecular flexibility index (Phi) is 6.58. The van der Waals surface area contributed by atoms with E-state index in [0.717, 1.165) is 30.1 Å². The Hall–Kier alpha value is -3.55. The fraction of sp³-hybridized carbons (Fsp3) is 0.375. The lowest BCUT2D eigenvalue weighted by atomic mass is 9.91. The number of piperazine rings is 1. The number of carbonyl (C=O) groups is 2. The number of nitrogens with zero attached hydrogens (tertiary/aromatic N) is 3. The van der Waals surface area contributed by atoms with Gasteiger partial charge in [-0.1, -0.05) is 36.4 Å². The number of aliphatic imine (C=N–C) groups is 1. The molecule has 8 heteroatoms. The summed E-state index contributed by atoms with van der Waals surface area (Å²) < 4.78 is 10.5. The van der Waals surface area contributed by atoms with Crippen LogP contribution in [-0.4, -0.2) is 62.6 Å². The molecule has 0 saturated carbocycles. The lowest BCUT2D eigenvalue weighted by Gasteiger charge is -2.39. The van der Waals surface area contributed by atoms with Crippen LogP contribution in [0.5, 0.6) is 5.75 Å². The maximum Gasteiger partial charge on any atom is 0.321 e. The molecule has 2 aliphatic rings. The van der Waals surface area contributed by atoms with Crippen molar-refractivity contribution in [3.05, 3.63) is 60.2 Å². The van der Waals surface area contributed by atoms with Gasteiger partial charge in [0.25, 0.3) is 0 Å². The van der Waals surface area contributed by atoms with E-state index in [1.54, 1.807) is 14.0 Å². The topological polar surface area (TPSA) is 83.5 Å². The van der Waals surface area contributed by atoms with Crippen molar-refractivity contribution in [1.29, 1.82) is 0 Å². The molecule has 2 atom stereocenters. The van der Waals surface area contributed by atoms with Gasteiger partial charge in [0, 0.05) is 37.9 Å². The molecule has 168 valence electrons. The van der Waals surface area contributed by atoms with E-state index >= 15 is 0 Å². The molecule has 1 N–H and O–H groups in total. The highest BCUT2D eigenvalue weighted by molar-refractivity contribution is 6.08. The van der Waals surface area contributed by atoms with Crippen LogP contribution >= 0.6 is 0 Å². The van der Waals surface area contributed by atoms with E-state index in [4.69, 9.17) is 14.5 Å². The van der Waals surface area contributed by atoms with E-state index in [9.17, 15) is 9.59 Å². The predicted molar refractivity (Wildman–Crippen MR) is 122 cm³/mol. The van der Waals surface area contributed by atoms with E-state index in [2.05, 4.69) is 21.2 Å². The number of methoxy groups -OCH3 is 1. The van der Waals surface area contributed by atoms with Gasteiger partial charge in [-0.05, 0) is 24.6 Å². The third-order valence-electron chi connectivity index (χ3n) is 5.77. The summed E-state index contributed by atoms with van der Waals surface area (Å²) in [5.41, 5.74) is 1.91. The molecule has 2 aromatic carbocycles. The Morgan fingerprint density at radius 2 is 1.78 bits per heavy atom. The Labute approximate surface area is 187 Å². The number of ether oxygens (including phenoxy) is 2. The molecule has 32 heavy (non-hydrogen) atoms. The fourth-order valence-electron chi connectivity index (χ4n) is 4.10. The largest absolute Gasteiger partial charge is 0.497 e. The van der Waals surface area contributed by atoms with Gasteiger partial charge in [0.2, 0.25) is 11.9 Å². The molecule has 0 bridgehead atoms. The van der Waals surface area contributed by atoms with Crippen LogP contribution in [0.25, 0.3) is 0 Å². The summed E-state index contributed by atoms with van der Waals surface area (Å²) >= 11 is 0. The van der Waals surface area contributed by atoms with Crippen LogP contribution in [0.2, 0.25) is 0 Å². The van der Waals surface area contributed by atoms with Crippen molar-refractivity contribution < 1.29 is 19.1 Å². The van der Waals surface area contributed by atoms with Crippen molar-refractivity contribution in [1.82, 2.24) is 10.2 Å². The van der Waals surface area contributed by atoms with Crippen LogP contribution in [0, 0.1) is 5.92 Å². The number of carbonyl (C=O) groups excluding carboxylic acids is 2. The average molecular weight is 437 g/mol. The summed E-state index contributed by atoms with van der Waals surface area (Å²) in [6.07, 6.45) is 0. The minimum Gasteiger partial charge on any atom is -0.497 e. The van der Waals surface area contributed by atoms with Crippen LogP contribution < -0.4 is 15.0 Å². The van der Waals surface area contributed by atoms with Crippen LogP contribution in [0.15, 0.2) is 59.6 Å². The molecule has 0 unspecified atom stereocenters. The maximum absolute atomic E-state index is 13.0. The number of nitrogens with one attached hydrogen (secondary N) is 1. The van der Waals surface area contributed by atoms with Gasteiger partial charge in [-0.25, -0.2) is 4.99 Å². The van der Waals surface area contributed by atoms with Crippen LogP contribution in [-0.2, 0) is 14.3 Å². The molecule has 0 spiro atoms. The molecule has 0 aromatic heterocycles. The molecular formula is C24H28N4O4. The average Bonchev–Trinajstić information content (AvgIpc) is 2.84. The first-order valence-corrected chi connectivity index (χ1v) is 10.8. The normalized spacial score (nSPS) is 20.9. The summed E-state index contributed by atoms with van der Waals surface area (Å²) in [4.78, 5) is 34.7. The Bertz CT molecular complexity index is 987. The van der Waals surface area contributed by atoms with Crippen molar-refractivity contribution in [2.75, 3.05) is 44.8 Å². The fourth-order valence-corrected chi connectivity index (χ4v) is 4.10. The first kappa shape index (κ1) is 21.7. The zero-order valence-electron chi connectivity index (χ0n) is 18.4. The van der Waals surface area contributed by atoms with Gasteiger partial charge in [0.15, 0.2) is 5.92 Å². The van der Waals surface area contributed by atoms with E-state index < -0.39 is 17.9 Å². The first-order chi connectivity index (χ1) is 15.6. The van der Waals surface area contributed by atoms with Crippen molar-refractivity contribution in [3.63, 3.8) is 0 Å². The molecular weight excluding hydrogens is 408 g/mol. The predicted octanol–water partition coefficient (Wildman–Crippen LogP) is 2.22. The second-order valence-electron chi connectivity index (χ2n) is 7.70. The van der Waals surface area contributed by atoms with E-state index in [0.29, 0.717) is 19.0 Å². The highest BCUT2D eigenvalue weighted by Crippen LogP contribution is 2.31. The number of amides is 1. The molecule has 4 rings (SSSR count). The lowest BCUT2D eigenvalue weighted by Crippen LogP contribution is -2.57. The maximum atomic E-state index is 13.0. The second-order valence-corrected chi connectivity index (χ2v) is 7.70. The van der Waals surface area contributed by atoms with Gasteiger partial charge < -0.3 is 19.3 Å². The third-order valence-corrected chi connectivity index (χ3v) is 5.77. The highest BCUT2D eigenvalue weighted by atomic mass is 16.5. The van der Waals surface area contributed by atoms with Gasteiger partial charge in [0.1, 0.15) is 11.8 Å². The molecule has 1 amide bonds. The van der Waals surface area contributed by atoms with Gasteiger partial charge >= 0.3 is 5.97 Å². The summed E-state index contributed by atoms with van der Waals surface area (Å²) in [6, 6.07) is 16.8. The van der Waals surface area contributed by atoms with E-state index in [1.165, 1.54) is 0 Å². The van der Waals surface area contributed by atoms with Crippen LogP contribution in [0.4, 0.5) is 5.69 Å². The lowest BCUT2D eigenvalue weighted by molar-refractivity contribution is -0.153. The van der Waals surface area contributed by atoms with Gasteiger partial charge in [-0.3, -0.25) is 14.9 Å². The Morgan fingerprint density at radius 3 is 2.47 bits per heavy atom. The number of benzene rings is 2. The standard InChI is InChI=1S/C24H28N4O4/c1-3-32-23(30)20-21(17-8-5-4-6-9-17)25-24(26-22(20)29)28-14-12-27(13-15-28)18-10-7-11-19(16-18)31-2/h4-11,16,20-21H,3,12-15H2,1-2H3,(H,25,26,29)/t20-,21-/m1/s1. The molecule has 0 radical (unpaired) electrons. The van der Waals surface area contributed by atoms with Crippen molar-refractivity contribution in [2.24, 2.45) is 10.9 Å². The zero-order valence-corrected chi connectivity index (χ0v) is 18.4. The zero-order chi connectivity index (χ0) is 22.5. The Morgan fingerprint density at radius 1 is 1.06 bits per heavy atom. The number of hydrogen-bond acceptors (Lipinski definition) is 7. The van der Waals surface area contributed by atoms with Crippen molar-refractivity contribution in [2.45, 2.75) is 13.0 Å². The summed E-state index contributed by atoms with van der Waals surface area (Å²) in [7, 11) is 1.66. The molecule has 8 nitrogen and oxygen atoms in total. The molecule has 2 aromatic rings. The van der Waals surface area contributed by atoms with Crippen LogP contribution in [0.1, 0.15) is 18.5 Å². The van der Waals surface area contributed by atoms with Crippen molar-refractivity contribution >= 4 is 23.5 Å². The first-order valence-electron chi connectivity index (χ1n) is 10.8. The van der Waals surface area contributed by atoms with E-state index in [1.807, 2.05) is 48.5 Å². The minimum absolute atomic E-state index is 0.215. The second kappa shape index (κ2) is 9.72. The van der Waals surface area contributed by atoms with E-state index in [-0.39, 0.29) is 12.5 Å². The molecule has 2 heterocycles. The van der Waals surface area contributed by atoms with Gasteiger partial charge in [-0.2, -0.15) is 0 Å². The molecule has 2 aliphatic heterocycles. The molecule has 0 aliphatic carbocycles. The number of esters is 1. The summed E-state index contributed by atoms with van der Waals surface area (Å²) in [5.74, 6) is -0.597. The van der Waals surface area contributed by atoms with Gasteiger partial charge in [-0.15, -0.1) is 0 Å². The van der Waals surface area contributed by atoms with Crippen LogP contribution in [0.3, 0.4) is 0 Å². The van der Waals surface area contributed by atoms with Crippen molar-refractivity contribution in [3.8, 4) is 5.75 Å². The minimum atomic E-state index is -1.00. The summed E-state index contributed by atoms with van der Waals surface area (Å²) in [6.45, 7) is 4.89. The molecule has 1 fully saturated rings. The summed E-state index contributed by atoms with van der Waals surface area (Å²) in [5, 5.41) is 2.85. The third kappa shape index (κ3) is 4.54. The van der Waals surface area contributed by atoms with Gasteiger partial charge in [0.05, 0.1) is 13.7 Å². The quantitative estimate of drug-likeness (QED) is 0.572.